The van der Waals surface area contributed by atoms with Crippen molar-refractivity contribution in [2.75, 3.05) is 0 Å². The summed E-state index contributed by atoms with van der Waals surface area (Å²) in [5.41, 5.74) is 0.961. The molecule has 1 atom stereocenters. The van der Waals surface area contributed by atoms with Gasteiger partial charge in [-0.25, -0.2) is 4.79 Å². The second kappa shape index (κ2) is 6.22. The molecule has 0 radical (unpaired) electrons. The number of H-pyrrole nitrogens is 1. The average Bonchev–Trinajstić information content (AvgIpc) is 2.88. The van der Waals surface area contributed by atoms with Gasteiger partial charge < -0.3 is 4.98 Å². The summed E-state index contributed by atoms with van der Waals surface area (Å²) < 4.78 is 39.9. The Morgan fingerprint density at radius 1 is 1.32 bits per heavy atom. The predicted molar refractivity (Wildman–Crippen MR) is 90.8 cm³/mol. The SMILES string of the molecule is CCC(C)n1c(=O)[nH]c2ccc(-c3ncc(C(F)(F)F)cc3Cl)cc21. The maximum Gasteiger partial charge on any atom is 0.417 e. The molecule has 0 saturated carbocycles. The van der Waals surface area contributed by atoms with Crippen molar-refractivity contribution in [3.63, 3.8) is 0 Å². The molecule has 0 bridgehead atoms. The molecule has 0 aliphatic carbocycles. The molecule has 3 aromatic rings. The van der Waals surface area contributed by atoms with Gasteiger partial charge in [0, 0.05) is 17.8 Å². The number of aromatic nitrogens is 3. The number of halogens is 4. The number of hydrogen-bond donors (Lipinski definition) is 1. The average molecular weight is 370 g/mol. The molecule has 0 amide bonds. The second-order valence-electron chi connectivity index (χ2n) is 5.84. The van der Waals surface area contributed by atoms with E-state index in [2.05, 4.69) is 9.97 Å². The van der Waals surface area contributed by atoms with Crippen LogP contribution in [0.3, 0.4) is 0 Å². The van der Waals surface area contributed by atoms with E-state index in [-0.39, 0.29) is 22.4 Å². The molecule has 0 aliphatic rings. The third-order valence-corrected chi connectivity index (χ3v) is 4.48. The Balaban J connectivity index is 2.15. The number of aromatic amines is 1. The van der Waals surface area contributed by atoms with Gasteiger partial charge in [0.25, 0.3) is 0 Å². The Morgan fingerprint density at radius 2 is 2.04 bits per heavy atom. The largest absolute Gasteiger partial charge is 0.417 e. The lowest BCUT2D eigenvalue weighted by molar-refractivity contribution is -0.137. The first-order valence-corrected chi connectivity index (χ1v) is 8.07. The van der Waals surface area contributed by atoms with Gasteiger partial charge in [-0.2, -0.15) is 13.2 Å². The minimum Gasteiger partial charge on any atom is -0.306 e. The van der Waals surface area contributed by atoms with Gasteiger partial charge >= 0.3 is 11.9 Å². The molecule has 0 aliphatic heterocycles. The standard InChI is InChI=1S/C17H15ClF3N3O/c1-3-9(2)24-14-6-10(4-5-13(14)23-16(24)25)15-12(18)7-11(8-22-15)17(19,20)21/h4-9H,3H2,1-2H3,(H,23,25). The summed E-state index contributed by atoms with van der Waals surface area (Å²) in [6, 6.07) is 5.90. The van der Waals surface area contributed by atoms with Gasteiger partial charge in [0.2, 0.25) is 0 Å². The normalized spacial score (nSPS) is 13.4. The minimum atomic E-state index is -4.50. The van der Waals surface area contributed by atoms with E-state index in [0.717, 1.165) is 18.7 Å². The number of pyridine rings is 1. The topological polar surface area (TPSA) is 50.7 Å². The number of nitrogens with zero attached hydrogens (tertiary/aromatic N) is 2. The Kier molecular flexibility index (Phi) is 4.36. The fraction of sp³-hybridized carbons (Fsp3) is 0.294. The van der Waals surface area contributed by atoms with Crippen LogP contribution in [-0.4, -0.2) is 14.5 Å². The van der Waals surface area contributed by atoms with Crippen molar-refractivity contribution < 1.29 is 13.2 Å². The molecular formula is C17H15ClF3N3O. The van der Waals surface area contributed by atoms with E-state index in [0.29, 0.717) is 16.6 Å². The van der Waals surface area contributed by atoms with E-state index in [1.54, 1.807) is 22.8 Å². The van der Waals surface area contributed by atoms with Crippen LogP contribution in [-0.2, 0) is 6.18 Å². The van der Waals surface area contributed by atoms with E-state index in [1.807, 2.05) is 13.8 Å². The molecule has 1 N–H and O–H groups in total. The number of rotatable bonds is 3. The predicted octanol–water partition coefficient (Wildman–Crippen LogP) is 5.03. The molecule has 0 saturated heterocycles. The highest BCUT2D eigenvalue weighted by Gasteiger charge is 2.31. The number of hydrogen-bond acceptors (Lipinski definition) is 2. The minimum absolute atomic E-state index is 0.0208. The third kappa shape index (κ3) is 3.16. The molecule has 3 rings (SSSR count). The van der Waals surface area contributed by atoms with Crippen LogP contribution in [0.5, 0.6) is 0 Å². The smallest absolute Gasteiger partial charge is 0.306 e. The molecule has 1 aromatic carbocycles. The van der Waals surface area contributed by atoms with E-state index in [4.69, 9.17) is 11.6 Å². The fourth-order valence-corrected chi connectivity index (χ4v) is 2.97. The van der Waals surface area contributed by atoms with Crippen molar-refractivity contribution in [2.24, 2.45) is 0 Å². The van der Waals surface area contributed by atoms with Gasteiger partial charge in [-0.15, -0.1) is 0 Å². The summed E-state index contributed by atoms with van der Waals surface area (Å²) in [5, 5.41) is -0.0952. The van der Waals surface area contributed by atoms with Gasteiger partial charge in [-0.05, 0) is 31.5 Å². The summed E-state index contributed by atoms with van der Waals surface area (Å²) in [7, 11) is 0. The van der Waals surface area contributed by atoms with Crippen molar-refractivity contribution in [1.29, 1.82) is 0 Å². The number of nitrogens with one attached hydrogen (secondary N) is 1. The number of imidazole rings is 1. The van der Waals surface area contributed by atoms with Crippen LogP contribution in [0, 0.1) is 0 Å². The van der Waals surface area contributed by atoms with Gasteiger partial charge in [-0.3, -0.25) is 9.55 Å². The van der Waals surface area contributed by atoms with Gasteiger partial charge in [0.05, 0.1) is 27.3 Å². The van der Waals surface area contributed by atoms with Crippen LogP contribution in [0.2, 0.25) is 5.02 Å². The first-order valence-electron chi connectivity index (χ1n) is 7.69. The lowest BCUT2D eigenvalue weighted by Crippen LogP contribution is -2.19. The Labute approximate surface area is 146 Å². The third-order valence-electron chi connectivity index (χ3n) is 4.19. The molecule has 8 heteroatoms. The summed E-state index contributed by atoms with van der Waals surface area (Å²) in [5.74, 6) is 0. The zero-order valence-corrected chi connectivity index (χ0v) is 14.2. The van der Waals surface area contributed by atoms with E-state index < -0.39 is 11.7 Å². The number of benzene rings is 1. The van der Waals surface area contributed by atoms with Gasteiger partial charge in [0.1, 0.15) is 0 Å². The highest BCUT2D eigenvalue weighted by molar-refractivity contribution is 6.33. The quantitative estimate of drug-likeness (QED) is 0.703. The second-order valence-corrected chi connectivity index (χ2v) is 6.25. The summed E-state index contributed by atoms with van der Waals surface area (Å²) in [4.78, 5) is 18.8. The molecule has 25 heavy (non-hydrogen) atoms. The highest BCUT2D eigenvalue weighted by Crippen LogP contribution is 2.34. The highest BCUT2D eigenvalue weighted by atomic mass is 35.5. The van der Waals surface area contributed by atoms with E-state index >= 15 is 0 Å². The summed E-state index contributed by atoms with van der Waals surface area (Å²) in [6.07, 6.45) is -2.99. The fourth-order valence-electron chi connectivity index (χ4n) is 2.69. The Morgan fingerprint density at radius 3 is 2.64 bits per heavy atom. The summed E-state index contributed by atoms with van der Waals surface area (Å²) in [6.45, 7) is 3.89. The lowest BCUT2D eigenvalue weighted by Gasteiger charge is -2.12. The molecule has 132 valence electrons. The van der Waals surface area contributed by atoms with Crippen LogP contribution >= 0.6 is 11.6 Å². The van der Waals surface area contributed by atoms with Crippen molar-refractivity contribution in [1.82, 2.24) is 14.5 Å². The molecule has 1 unspecified atom stereocenters. The zero-order chi connectivity index (χ0) is 18.4. The van der Waals surface area contributed by atoms with Crippen LogP contribution in [0.4, 0.5) is 13.2 Å². The maximum absolute atomic E-state index is 12.8. The molecule has 0 spiro atoms. The van der Waals surface area contributed by atoms with Crippen molar-refractivity contribution in [3.8, 4) is 11.3 Å². The van der Waals surface area contributed by atoms with Crippen LogP contribution in [0.1, 0.15) is 31.9 Å². The lowest BCUT2D eigenvalue weighted by atomic mass is 10.1. The monoisotopic (exact) mass is 369 g/mol. The van der Waals surface area contributed by atoms with E-state index in [9.17, 15) is 18.0 Å². The van der Waals surface area contributed by atoms with E-state index in [1.165, 1.54) is 0 Å². The molecule has 2 aromatic heterocycles. The zero-order valence-electron chi connectivity index (χ0n) is 13.5. The molecule has 0 fully saturated rings. The first-order chi connectivity index (χ1) is 11.7. The molecule has 2 heterocycles. The Bertz CT molecular complexity index is 991. The number of fused-ring (bicyclic) bond motifs is 1. The number of alkyl halides is 3. The van der Waals surface area contributed by atoms with Crippen LogP contribution in [0.25, 0.3) is 22.3 Å². The van der Waals surface area contributed by atoms with Crippen molar-refractivity contribution in [3.05, 3.63) is 51.5 Å². The maximum atomic E-state index is 12.8. The Hall–Kier alpha value is -2.28. The van der Waals surface area contributed by atoms with Crippen molar-refractivity contribution >= 4 is 22.6 Å². The van der Waals surface area contributed by atoms with Gasteiger partial charge in [-0.1, -0.05) is 24.6 Å². The molecular weight excluding hydrogens is 355 g/mol. The first kappa shape index (κ1) is 17.5. The van der Waals surface area contributed by atoms with Crippen molar-refractivity contribution in [2.45, 2.75) is 32.5 Å². The summed E-state index contributed by atoms with van der Waals surface area (Å²) >= 11 is 6.02. The van der Waals surface area contributed by atoms with Crippen LogP contribution < -0.4 is 5.69 Å². The van der Waals surface area contributed by atoms with Gasteiger partial charge in [0.15, 0.2) is 0 Å². The molecule has 4 nitrogen and oxygen atoms in total. The van der Waals surface area contributed by atoms with Crippen LogP contribution in [0.15, 0.2) is 35.3 Å².